The summed E-state index contributed by atoms with van der Waals surface area (Å²) in [5.74, 6) is -0.0379. The van der Waals surface area contributed by atoms with Gasteiger partial charge in [0.2, 0.25) is 5.91 Å². The van der Waals surface area contributed by atoms with Gasteiger partial charge in [-0.1, -0.05) is 0 Å². The van der Waals surface area contributed by atoms with Crippen LogP contribution < -0.4 is 0 Å². The highest BCUT2D eigenvalue weighted by atomic mass is 32.1. The van der Waals surface area contributed by atoms with Crippen LogP contribution in [0.2, 0.25) is 0 Å². The molecule has 0 spiro atoms. The Labute approximate surface area is 144 Å². The molecule has 1 atom stereocenters. The maximum absolute atomic E-state index is 12.7. The molecule has 0 saturated carbocycles. The van der Waals surface area contributed by atoms with Gasteiger partial charge in [-0.05, 0) is 45.7 Å². The van der Waals surface area contributed by atoms with Crippen molar-refractivity contribution < 1.29 is 9.72 Å². The Kier molecular flexibility index (Phi) is 4.40. The highest BCUT2D eigenvalue weighted by molar-refractivity contribution is 7.12. The molecule has 0 unspecified atom stereocenters. The molecule has 0 N–H and O–H groups in total. The topological polar surface area (TPSA) is 81.3 Å². The Morgan fingerprint density at radius 2 is 2.17 bits per heavy atom. The monoisotopic (exact) mass is 348 g/mol. The lowest BCUT2D eigenvalue weighted by Gasteiger charge is -2.24. The second-order valence-corrected chi connectivity index (χ2v) is 7.45. The number of carbonyl (C=O) groups is 1. The molecule has 8 heteroatoms. The Bertz CT molecular complexity index is 795. The van der Waals surface area contributed by atoms with Crippen molar-refractivity contribution in [2.45, 2.75) is 46.2 Å². The van der Waals surface area contributed by atoms with Gasteiger partial charge in [0.25, 0.3) is 0 Å². The summed E-state index contributed by atoms with van der Waals surface area (Å²) in [7, 11) is 0. The normalized spacial score (nSPS) is 17.5. The van der Waals surface area contributed by atoms with Gasteiger partial charge in [-0.25, -0.2) is 0 Å². The average molecular weight is 348 g/mol. The van der Waals surface area contributed by atoms with Crippen LogP contribution >= 0.6 is 11.3 Å². The summed E-state index contributed by atoms with van der Waals surface area (Å²) >= 11 is 1.72. The number of hydrogen-bond donors (Lipinski definition) is 0. The van der Waals surface area contributed by atoms with E-state index in [1.165, 1.54) is 14.4 Å². The number of nitro groups is 1. The molecule has 7 nitrogen and oxygen atoms in total. The quantitative estimate of drug-likeness (QED) is 0.628. The predicted octanol–water partition coefficient (Wildman–Crippen LogP) is 3.14. The van der Waals surface area contributed by atoms with Crippen LogP contribution in [0.1, 0.15) is 40.0 Å². The van der Waals surface area contributed by atoms with Crippen LogP contribution in [-0.4, -0.2) is 32.1 Å². The summed E-state index contributed by atoms with van der Waals surface area (Å²) < 4.78 is 1.45. The summed E-state index contributed by atoms with van der Waals surface area (Å²) in [6.07, 6.45) is 1.94. The summed E-state index contributed by atoms with van der Waals surface area (Å²) in [5.41, 5.74) is 0.764. The molecule has 1 fully saturated rings. The zero-order chi connectivity index (χ0) is 17.4. The van der Waals surface area contributed by atoms with Gasteiger partial charge < -0.3 is 4.90 Å². The third-order valence-corrected chi connectivity index (χ3v) is 5.58. The van der Waals surface area contributed by atoms with Gasteiger partial charge >= 0.3 is 5.69 Å². The third kappa shape index (κ3) is 2.93. The van der Waals surface area contributed by atoms with E-state index in [0.29, 0.717) is 11.4 Å². The molecule has 128 valence electrons. The summed E-state index contributed by atoms with van der Waals surface area (Å²) in [4.78, 5) is 27.7. The van der Waals surface area contributed by atoms with Crippen molar-refractivity contribution in [2.75, 3.05) is 6.54 Å². The smallest absolute Gasteiger partial charge is 0.312 e. The molecule has 0 radical (unpaired) electrons. The minimum atomic E-state index is -0.439. The summed E-state index contributed by atoms with van der Waals surface area (Å²) in [5, 5.41) is 15.3. The van der Waals surface area contributed by atoms with Crippen LogP contribution in [0.15, 0.2) is 12.1 Å². The number of hydrogen-bond acceptors (Lipinski definition) is 5. The van der Waals surface area contributed by atoms with Gasteiger partial charge in [-0.2, -0.15) is 5.10 Å². The molecule has 24 heavy (non-hydrogen) atoms. The Morgan fingerprint density at radius 1 is 1.42 bits per heavy atom. The standard InChI is InChI=1S/C16H20N4O3S/c1-10-6-7-14(24-10)13-5-4-8-18(13)15(21)9-19-12(3)16(20(22)23)11(2)17-19/h6-7,13H,4-5,8-9H2,1-3H3/t13-/m1/s1. The van der Waals surface area contributed by atoms with Crippen LogP contribution in [-0.2, 0) is 11.3 Å². The van der Waals surface area contributed by atoms with Gasteiger partial charge in [-0.15, -0.1) is 11.3 Å². The van der Waals surface area contributed by atoms with Crippen LogP contribution in [0.3, 0.4) is 0 Å². The Balaban J connectivity index is 1.80. The minimum absolute atomic E-state index is 0.00495. The number of carbonyl (C=O) groups excluding carboxylic acids is 1. The Morgan fingerprint density at radius 3 is 2.75 bits per heavy atom. The van der Waals surface area contributed by atoms with E-state index in [-0.39, 0.29) is 24.2 Å². The molecule has 1 amide bonds. The molecular weight excluding hydrogens is 328 g/mol. The van der Waals surface area contributed by atoms with Crippen molar-refractivity contribution in [3.8, 4) is 0 Å². The van der Waals surface area contributed by atoms with Crippen LogP contribution in [0.25, 0.3) is 0 Å². The van der Waals surface area contributed by atoms with Crippen molar-refractivity contribution in [1.29, 1.82) is 0 Å². The molecular formula is C16H20N4O3S. The SMILES string of the molecule is Cc1ccc([C@H]2CCCN2C(=O)Cn2nc(C)c([N+](=O)[O-])c2C)s1. The number of aryl methyl sites for hydroxylation is 2. The lowest BCUT2D eigenvalue weighted by Crippen LogP contribution is -2.33. The van der Waals surface area contributed by atoms with E-state index in [0.717, 1.165) is 19.4 Å². The first-order chi connectivity index (χ1) is 11.4. The molecule has 1 aliphatic rings. The van der Waals surface area contributed by atoms with E-state index in [2.05, 4.69) is 24.2 Å². The van der Waals surface area contributed by atoms with E-state index in [1.807, 2.05) is 4.90 Å². The van der Waals surface area contributed by atoms with Crippen molar-refractivity contribution >= 4 is 22.9 Å². The number of amides is 1. The zero-order valence-corrected chi connectivity index (χ0v) is 14.8. The van der Waals surface area contributed by atoms with Crippen molar-refractivity contribution in [3.63, 3.8) is 0 Å². The van der Waals surface area contributed by atoms with E-state index in [4.69, 9.17) is 0 Å². The van der Waals surface area contributed by atoms with Gasteiger partial charge in [0.05, 0.1) is 11.0 Å². The molecule has 2 aromatic heterocycles. The molecule has 1 saturated heterocycles. The fourth-order valence-electron chi connectivity index (χ4n) is 3.32. The highest BCUT2D eigenvalue weighted by Gasteiger charge is 2.32. The maximum Gasteiger partial charge on any atom is 0.312 e. The molecule has 0 aromatic carbocycles. The lowest BCUT2D eigenvalue weighted by atomic mass is 10.2. The third-order valence-electron chi connectivity index (χ3n) is 4.47. The number of thiophene rings is 1. The van der Waals surface area contributed by atoms with Crippen LogP contribution in [0, 0.1) is 30.9 Å². The summed E-state index contributed by atoms with van der Waals surface area (Å²) in [6.45, 7) is 6.06. The lowest BCUT2D eigenvalue weighted by molar-refractivity contribution is -0.386. The van der Waals surface area contributed by atoms with Crippen molar-refractivity contribution in [3.05, 3.63) is 43.4 Å². The maximum atomic E-state index is 12.7. The molecule has 0 aliphatic carbocycles. The first-order valence-electron chi connectivity index (χ1n) is 7.92. The zero-order valence-electron chi connectivity index (χ0n) is 14.0. The average Bonchev–Trinajstić information content (AvgIpc) is 3.19. The summed E-state index contributed by atoms with van der Waals surface area (Å²) in [6, 6.07) is 4.28. The second kappa shape index (κ2) is 6.35. The fourth-order valence-corrected chi connectivity index (χ4v) is 4.34. The molecule has 1 aliphatic heterocycles. The first-order valence-corrected chi connectivity index (χ1v) is 8.74. The molecule has 3 rings (SSSR count). The van der Waals surface area contributed by atoms with E-state index < -0.39 is 4.92 Å². The van der Waals surface area contributed by atoms with Crippen molar-refractivity contribution in [1.82, 2.24) is 14.7 Å². The van der Waals surface area contributed by atoms with Gasteiger partial charge in [0, 0.05) is 16.3 Å². The molecule has 2 aromatic rings. The minimum Gasteiger partial charge on any atom is -0.333 e. The van der Waals surface area contributed by atoms with E-state index in [9.17, 15) is 14.9 Å². The van der Waals surface area contributed by atoms with E-state index >= 15 is 0 Å². The van der Waals surface area contributed by atoms with Gasteiger partial charge in [-0.3, -0.25) is 19.6 Å². The highest BCUT2D eigenvalue weighted by Crippen LogP contribution is 2.36. The predicted molar refractivity (Wildman–Crippen MR) is 91.1 cm³/mol. The number of nitrogens with zero attached hydrogens (tertiary/aromatic N) is 4. The van der Waals surface area contributed by atoms with E-state index in [1.54, 1.807) is 25.2 Å². The van der Waals surface area contributed by atoms with Crippen molar-refractivity contribution in [2.24, 2.45) is 0 Å². The largest absolute Gasteiger partial charge is 0.333 e. The van der Waals surface area contributed by atoms with Crippen LogP contribution in [0.4, 0.5) is 5.69 Å². The second-order valence-electron chi connectivity index (χ2n) is 6.13. The fraction of sp³-hybridized carbons (Fsp3) is 0.500. The van der Waals surface area contributed by atoms with Crippen LogP contribution in [0.5, 0.6) is 0 Å². The molecule has 0 bridgehead atoms. The number of likely N-dealkylation sites (tertiary alicyclic amines) is 1. The number of aromatic nitrogens is 2. The Hall–Kier alpha value is -2.22. The first kappa shape index (κ1) is 16.6. The number of rotatable bonds is 4. The van der Waals surface area contributed by atoms with Gasteiger partial charge in [0.1, 0.15) is 17.9 Å². The molecule has 3 heterocycles. The van der Waals surface area contributed by atoms with Gasteiger partial charge in [0.15, 0.2) is 0 Å².